The first-order valence-electron chi connectivity index (χ1n) is 3.98. The Morgan fingerprint density at radius 1 is 1.43 bits per heavy atom. The lowest BCUT2D eigenvalue weighted by atomic mass is 10.3. The molecule has 0 aliphatic rings. The van der Waals surface area contributed by atoms with E-state index >= 15 is 0 Å². The van der Waals surface area contributed by atoms with Gasteiger partial charge in [-0.25, -0.2) is 13.9 Å². The zero-order valence-corrected chi connectivity index (χ0v) is 7.18. The maximum atomic E-state index is 13.2. The van der Waals surface area contributed by atoms with Crippen LogP contribution in [0.3, 0.4) is 0 Å². The highest BCUT2D eigenvalue weighted by molar-refractivity contribution is 5.50. The van der Waals surface area contributed by atoms with E-state index in [0.717, 1.165) is 0 Å². The van der Waals surface area contributed by atoms with Crippen molar-refractivity contribution in [3.05, 3.63) is 53.9 Å². The summed E-state index contributed by atoms with van der Waals surface area (Å²) in [4.78, 5) is 3.04. The average Bonchev–Trinajstić information content (AvgIpc) is 2.70. The quantitative estimate of drug-likeness (QED) is 0.629. The Bertz CT molecular complexity index is 483. The molecule has 0 N–H and O–H groups in total. The lowest BCUT2D eigenvalue weighted by Crippen LogP contribution is -1.94. The van der Waals surface area contributed by atoms with Crippen LogP contribution in [0.5, 0.6) is 0 Å². The number of hydrogen-bond acceptors (Lipinski definition) is 1. The van der Waals surface area contributed by atoms with Gasteiger partial charge in [0.15, 0.2) is 0 Å². The van der Waals surface area contributed by atoms with Gasteiger partial charge in [-0.05, 0) is 18.2 Å². The fraction of sp³-hybridized carbons (Fsp3) is 0. The standard InChI is InChI=1S/C10H6FN3/c1-12-10-4-3-8(7-9(10)11)14-6-2-5-13-14/h2-7H. The molecule has 0 amide bonds. The minimum absolute atomic E-state index is 0.0286. The average molecular weight is 187 g/mol. The van der Waals surface area contributed by atoms with E-state index in [1.165, 1.54) is 16.8 Å². The summed E-state index contributed by atoms with van der Waals surface area (Å²) in [6.07, 6.45) is 3.33. The summed E-state index contributed by atoms with van der Waals surface area (Å²) in [5.74, 6) is -0.520. The summed E-state index contributed by atoms with van der Waals surface area (Å²) in [5, 5.41) is 3.96. The van der Waals surface area contributed by atoms with Gasteiger partial charge in [0.1, 0.15) is 5.82 Å². The molecule has 0 radical (unpaired) electrons. The molecule has 2 rings (SSSR count). The van der Waals surface area contributed by atoms with E-state index in [4.69, 9.17) is 6.57 Å². The van der Waals surface area contributed by atoms with Crippen LogP contribution < -0.4 is 0 Å². The summed E-state index contributed by atoms with van der Waals surface area (Å²) in [6, 6.07) is 6.14. The van der Waals surface area contributed by atoms with Crippen molar-refractivity contribution in [2.45, 2.75) is 0 Å². The van der Waals surface area contributed by atoms with E-state index in [2.05, 4.69) is 9.94 Å². The van der Waals surface area contributed by atoms with Crippen molar-refractivity contribution >= 4 is 5.69 Å². The molecule has 1 aromatic carbocycles. The molecule has 4 heteroatoms. The lowest BCUT2D eigenvalue weighted by Gasteiger charge is -2.01. The van der Waals surface area contributed by atoms with Crippen molar-refractivity contribution in [1.29, 1.82) is 0 Å². The molecule has 0 aliphatic carbocycles. The normalized spacial score (nSPS) is 9.71. The molecule has 0 spiro atoms. The second kappa shape index (κ2) is 3.30. The Kier molecular flexibility index (Phi) is 1.99. The van der Waals surface area contributed by atoms with Crippen LogP contribution in [0.2, 0.25) is 0 Å². The van der Waals surface area contributed by atoms with Crippen molar-refractivity contribution in [2.75, 3.05) is 0 Å². The maximum absolute atomic E-state index is 13.2. The summed E-state index contributed by atoms with van der Waals surface area (Å²) < 4.78 is 14.7. The molecular formula is C10H6FN3. The van der Waals surface area contributed by atoms with Gasteiger partial charge in [0.05, 0.1) is 12.3 Å². The van der Waals surface area contributed by atoms with Gasteiger partial charge in [0, 0.05) is 12.4 Å². The van der Waals surface area contributed by atoms with Crippen LogP contribution in [0, 0.1) is 12.4 Å². The van der Waals surface area contributed by atoms with Crippen molar-refractivity contribution in [1.82, 2.24) is 9.78 Å². The van der Waals surface area contributed by atoms with Crippen LogP contribution in [0.1, 0.15) is 0 Å². The molecule has 1 heterocycles. The molecule has 0 saturated heterocycles. The first-order chi connectivity index (χ1) is 6.81. The fourth-order valence-corrected chi connectivity index (χ4v) is 1.15. The third-order valence-corrected chi connectivity index (χ3v) is 1.82. The van der Waals surface area contributed by atoms with E-state index in [0.29, 0.717) is 5.69 Å². The van der Waals surface area contributed by atoms with Gasteiger partial charge in [-0.3, -0.25) is 0 Å². The monoisotopic (exact) mass is 187 g/mol. The molecule has 14 heavy (non-hydrogen) atoms. The summed E-state index contributed by atoms with van der Waals surface area (Å²) in [5.41, 5.74) is 0.640. The second-order valence-electron chi connectivity index (χ2n) is 2.70. The minimum atomic E-state index is -0.520. The van der Waals surface area contributed by atoms with E-state index in [1.54, 1.807) is 24.5 Å². The van der Waals surface area contributed by atoms with Crippen molar-refractivity contribution in [2.24, 2.45) is 0 Å². The Hall–Kier alpha value is -2.15. The zero-order valence-electron chi connectivity index (χ0n) is 7.18. The van der Waals surface area contributed by atoms with Gasteiger partial charge >= 0.3 is 0 Å². The molecule has 0 atom stereocenters. The minimum Gasteiger partial charge on any atom is -0.241 e. The van der Waals surface area contributed by atoms with Gasteiger partial charge in [-0.15, -0.1) is 0 Å². The van der Waals surface area contributed by atoms with Crippen LogP contribution in [0.4, 0.5) is 10.1 Å². The molecule has 0 fully saturated rings. The topological polar surface area (TPSA) is 22.2 Å². The van der Waals surface area contributed by atoms with Crippen LogP contribution in [-0.4, -0.2) is 9.78 Å². The predicted molar refractivity (Wildman–Crippen MR) is 49.8 cm³/mol. The number of benzene rings is 1. The van der Waals surface area contributed by atoms with Gasteiger partial charge < -0.3 is 0 Å². The molecule has 68 valence electrons. The Balaban J connectivity index is 2.49. The lowest BCUT2D eigenvalue weighted by molar-refractivity contribution is 0.631. The predicted octanol–water partition coefficient (Wildman–Crippen LogP) is 2.56. The smallest absolute Gasteiger partial charge is 0.222 e. The zero-order chi connectivity index (χ0) is 9.97. The van der Waals surface area contributed by atoms with Crippen LogP contribution in [0.15, 0.2) is 36.7 Å². The van der Waals surface area contributed by atoms with Crippen LogP contribution in [0.25, 0.3) is 10.5 Å². The van der Waals surface area contributed by atoms with E-state index in [9.17, 15) is 4.39 Å². The van der Waals surface area contributed by atoms with E-state index in [1.807, 2.05) is 0 Å². The van der Waals surface area contributed by atoms with E-state index in [-0.39, 0.29) is 5.69 Å². The van der Waals surface area contributed by atoms with Crippen molar-refractivity contribution in [3.8, 4) is 5.69 Å². The summed E-state index contributed by atoms with van der Waals surface area (Å²) in [7, 11) is 0. The van der Waals surface area contributed by atoms with Gasteiger partial charge in [0.25, 0.3) is 0 Å². The highest BCUT2D eigenvalue weighted by atomic mass is 19.1. The molecule has 3 nitrogen and oxygen atoms in total. The van der Waals surface area contributed by atoms with Gasteiger partial charge in [-0.1, -0.05) is 6.07 Å². The molecule has 2 aromatic rings. The fourth-order valence-electron chi connectivity index (χ4n) is 1.15. The Morgan fingerprint density at radius 2 is 2.29 bits per heavy atom. The molecule has 0 bridgehead atoms. The van der Waals surface area contributed by atoms with Gasteiger partial charge in [0.2, 0.25) is 5.69 Å². The summed E-state index contributed by atoms with van der Waals surface area (Å²) >= 11 is 0. The molecule has 0 saturated carbocycles. The Morgan fingerprint density at radius 3 is 2.86 bits per heavy atom. The third kappa shape index (κ3) is 1.36. The first-order valence-corrected chi connectivity index (χ1v) is 3.98. The number of rotatable bonds is 1. The molecule has 0 unspecified atom stereocenters. The number of halogens is 1. The summed E-state index contributed by atoms with van der Waals surface area (Å²) in [6.45, 7) is 6.69. The molecule has 0 aliphatic heterocycles. The highest BCUT2D eigenvalue weighted by Gasteiger charge is 2.03. The maximum Gasteiger partial charge on any atom is 0.222 e. The number of nitrogens with zero attached hydrogens (tertiary/aromatic N) is 3. The SMILES string of the molecule is [C-]#[N+]c1ccc(-n2cccn2)cc1F. The first kappa shape index (κ1) is 8.45. The van der Waals surface area contributed by atoms with Crippen molar-refractivity contribution in [3.63, 3.8) is 0 Å². The largest absolute Gasteiger partial charge is 0.241 e. The van der Waals surface area contributed by atoms with Crippen LogP contribution >= 0.6 is 0 Å². The number of aromatic nitrogens is 2. The number of hydrogen-bond donors (Lipinski definition) is 0. The highest BCUT2D eigenvalue weighted by Crippen LogP contribution is 2.20. The van der Waals surface area contributed by atoms with Crippen molar-refractivity contribution < 1.29 is 4.39 Å². The third-order valence-electron chi connectivity index (χ3n) is 1.82. The van der Waals surface area contributed by atoms with Gasteiger partial charge in [-0.2, -0.15) is 5.10 Å². The molecule has 1 aromatic heterocycles. The van der Waals surface area contributed by atoms with Crippen LogP contribution in [-0.2, 0) is 0 Å². The molecular weight excluding hydrogens is 181 g/mol. The second-order valence-corrected chi connectivity index (χ2v) is 2.70. The Labute approximate surface area is 80.2 Å². The van der Waals surface area contributed by atoms with E-state index < -0.39 is 5.82 Å².